The Hall–Kier alpha value is -1.66. The van der Waals surface area contributed by atoms with Crippen LogP contribution in [0.4, 0.5) is 0 Å². The van der Waals surface area contributed by atoms with Crippen LogP contribution in [-0.2, 0) is 19.1 Å². The molecule has 0 bridgehead atoms. The van der Waals surface area contributed by atoms with Crippen LogP contribution in [0.3, 0.4) is 0 Å². The fourth-order valence-electron chi connectivity index (χ4n) is 3.32. The average molecular weight is 324 g/mol. The molecule has 1 heterocycles. The molecule has 2 aliphatic rings. The molecule has 0 radical (unpaired) electrons. The Bertz CT molecular complexity index is 549. The van der Waals surface area contributed by atoms with Crippen LogP contribution in [0.25, 0.3) is 0 Å². The lowest BCUT2D eigenvalue weighted by Crippen LogP contribution is -2.44. The van der Waals surface area contributed by atoms with Gasteiger partial charge in [-0.25, -0.2) is 0 Å². The number of carbonyl (C=O) groups is 2. The van der Waals surface area contributed by atoms with Crippen molar-refractivity contribution in [2.75, 3.05) is 0 Å². The lowest BCUT2D eigenvalue weighted by Gasteiger charge is -2.32. The van der Waals surface area contributed by atoms with Crippen LogP contribution in [0.1, 0.15) is 34.1 Å². The van der Waals surface area contributed by atoms with Gasteiger partial charge in [0.15, 0.2) is 0 Å². The van der Waals surface area contributed by atoms with Crippen LogP contribution >= 0.6 is 0 Å². The molecule has 0 spiro atoms. The molecule has 0 aromatic rings. The molecule has 2 N–H and O–H groups in total. The number of carbonyl (C=O) groups excluding carboxylic acids is 2. The molecule has 0 aromatic heterocycles. The zero-order valence-corrected chi connectivity index (χ0v) is 13.9. The largest absolute Gasteiger partial charge is 0.459 e. The third-order valence-electron chi connectivity index (χ3n) is 4.48. The molecule has 0 aromatic carbocycles. The van der Waals surface area contributed by atoms with Crippen molar-refractivity contribution in [2.24, 2.45) is 11.8 Å². The van der Waals surface area contributed by atoms with Crippen LogP contribution in [-0.4, -0.2) is 46.6 Å². The first-order chi connectivity index (χ1) is 10.7. The Kier molecular flexibility index (Phi) is 5.26. The van der Waals surface area contributed by atoms with E-state index in [-0.39, 0.29) is 5.97 Å². The normalized spacial score (nSPS) is 38.1. The second-order valence-corrected chi connectivity index (χ2v) is 6.48. The summed E-state index contributed by atoms with van der Waals surface area (Å²) in [5.74, 6) is -1.89. The molecule has 6 atom stereocenters. The van der Waals surface area contributed by atoms with Gasteiger partial charge < -0.3 is 19.7 Å². The second-order valence-electron chi connectivity index (χ2n) is 6.48. The summed E-state index contributed by atoms with van der Waals surface area (Å²) in [7, 11) is 0. The molecule has 6 unspecified atom stereocenters. The summed E-state index contributed by atoms with van der Waals surface area (Å²) in [5.41, 5.74) is 1.38. The van der Waals surface area contributed by atoms with Crippen LogP contribution in [0, 0.1) is 11.8 Å². The van der Waals surface area contributed by atoms with Gasteiger partial charge in [-0.3, -0.25) is 9.59 Å². The molecule has 1 aliphatic carbocycles. The highest BCUT2D eigenvalue weighted by Gasteiger charge is 2.49. The number of rotatable bonds is 1. The van der Waals surface area contributed by atoms with Crippen molar-refractivity contribution >= 4 is 11.9 Å². The summed E-state index contributed by atoms with van der Waals surface area (Å²) in [6.07, 6.45) is 0.347. The van der Waals surface area contributed by atoms with E-state index >= 15 is 0 Å². The van der Waals surface area contributed by atoms with Gasteiger partial charge in [-0.05, 0) is 31.9 Å². The molecule has 0 saturated carbocycles. The van der Waals surface area contributed by atoms with Crippen molar-refractivity contribution in [2.45, 2.75) is 58.5 Å². The summed E-state index contributed by atoms with van der Waals surface area (Å²) in [4.78, 5) is 23.5. The molecule has 6 nitrogen and oxygen atoms in total. The van der Waals surface area contributed by atoms with Crippen LogP contribution < -0.4 is 0 Å². The zero-order chi connectivity index (χ0) is 17.3. The number of hydrogen-bond acceptors (Lipinski definition) is 6. The highest BCUT2D eigenvalue weighted by molar-refractivity contribution is 5.75. The first-order valence-corrected chi connectivity index (χ1v) is 7.80. The molecule has 1 aliphatic heterocycles. The predicted molar refractivity (Wildman–Crippen MR) is 82.2 cm³/mol. The highest BCUT2D eigenvalue weighted by atomic mass is 16.6. The summed E-state index contributed by atoms with van der Waals surface area (Å²) < 4.78 is 10.7. The van der Waals surface area contributed by atoms with Crippen molar-refractivity contribution < 1.29 is 29.3 Å². The van der Waals surface area contributed by atoms with Gasteiger partial charge >= 0.3 is 11.9 Å². The minimum Gasteiger partial charge on any atom is -0.459 e. The predicted octanol–water partition coefficient (Wildman–Crippen LogP) is 1.11. The number of aliphatic hydroxyl groups is 2. The minimum atomic E-state index is -1.11. The van der Waals surface area contributed by atoms with E-state index < -0.39 is 42.2 Å². The fraction of sp³-hybridized carbons (Fsp3) is 0.647. The summed E-state index contributed by atoms with van der Waals surface area (Å²) in [5, 5.41) is 20.7. The van der Waals surface area contributed by atoms with E-state index in [0.29, 0.717) is 12.0 Å². The summed E-state index contributed by atoms with van der Waals surface area (Å²) in [6, 6.07) is 0. The molecule has 128 valence electrons. The van der Waals surface area contributed by atoms with Crippen LogP contribution in [0.5, 0.6) is 0 Å². The average Bonchev–Trinajstić information content (AvgIpc) is 2.69. The minimum absolute atomic E-state index is 0.380. The third kappa shape index (κ3) is 3.82. The van der Waals surface area contributed by atoms with Crippen molar-refractivity contribution in [3.8, 4) is 0 Å². The standard InChI is InChI=1S/C17H24O6/c1-8-5-12(19)7-9(2)15(20)16(22-11(4)18)14-10(3)17(21)23-13(14)6-8/h6-7,10,12-16,19-20H,5H2,1-4H3. The second kappa shape index (κ2) is 6.84. The Morgan fingerprint density at radius 3 is 2.57 bits per heavy atom. The lowest BCUT2D eigenvalue weighted by atomic mass is 9.81. The van der Waals surface area contributed by atoms with Gasteiger partial charge in [-0.2, -0.15) is 0 Å². The van der Waals surface area contributed by atoms with Gasteiger partial charge in [0.2, 0.25) is 0 Å². The van der Waals surface area contributed by atoms with Gasteiger partial charge in [-0.1, -0.05) is 18.6 Å². The molecule has 23 heavy (non-hydrogen) atoms. The van der Waals surface area contributed by atoms with Gasteiger partial charge in [0, 0.05) is 6.92 Å². The molecular weight excluding hydrogens is 300 g/mol. The number of ether oxygens (including phenoxy) is 2. The smallest absolute Gasteiger partial charge is 0.309 e. The van der Waals surface area contributed by atoms with Crippen molar-refractivity contribution in [1.29, 1.82) is 0 Å². The van der Waals surface area contributed by atoms with E-state index in [2.05, 4.69) is 0 Å². The molecule has 6 heteroatoms. The monoisotopic (exact) mass is 324 g/mol. The third-order valence-corrected chi connectivity index (χ3v) is 4.48. The Morgan fingerprint density at radius 2 is 1.96 bits per heavy atom. The van der Waals surface area contributed by atoms with Gasteiger partial charge in [-0.15, -0.1) is 0 Å². The lowest BCUT2D eigenvalue weighted by molar-refractivity contribution is -0.157. The number of aliphatic hydroxyl groups excluding tert-OH is 2. The molecule has 0 amide bonds. The van der Waals surface area contributed by atoms with E-state index in [1.165, 1.54) is 6.92 Å². The first kappa shape index (κ1) is 17.7. The number of fused-ring (bicyclic) bond motifs is 1. The zero-order valence-electron chi connectivity index (χ0n) is 13.9. The van der Waals surface area contributed by atoms with E-state index in [0.717, 1.165) is 5.57 Å². The topological polar surface area (TPSA) is 93.1 Å². The molecule has 1 saturated heterocycles. The Labute approximate surface area is 135 Å². The maximum Gasteiger partial charge on any atom is 0.309 e. The van der Waals surface area contributed by atoms with Gasteiger partial charge in [0.25, 0.3) is 0 Å². The maximum absolute atomic E-state index is 12.0. The first-order valence-electron chi connectivity index (χ1n) is 7.80. The number of hydrogen-bond donors (Lipinski definition) is 2. The maximum atomic E-state index is 12.0. The van der Waals surface area contributed by atoms with E-state index in [1.54, 1.807) is 26.0 Å². The van der Waals surface area contributed by atoms with Crippen molar-refractivity contribution in [3.05, 3.63) is 23.3 Å². The molecular formula is C17H24O6. The quantitative estimate of drug-likeness (QED) is 0.554. The van der Waals surface area contributed by atoms with Crippen LogP contribution in [0.2, 0.25) is 0 Å². The summed E-state index contributed by atoms with van der Waals surface area (Å²) in [6.45, 7) is 6.48. The molecule has 2 rings (SSSR count). The highest BCUT2D eigenvalue weighted by Crippen LogP contribution is 2.37. The van der Waals surface area contributed by atoms with E-state index in [9.17, 15) is 19.8 Å². The van der Waals surface area contributed by atoms with Crippen LogP contribution in [0.15, 0.2) is 23.3 Å². The number of esters is 2. The van der Waals surface area contributed by atoms with Crippen molar-refractivity contribution in [3.63, 3.8) is 0 Å². The SMILES string of the molecule is CC(=O)OC1C(O)C(C)=CC(O)CC(C)=CC2OC(=O)C(C)C21. The molecule has 1 fully saturated rings. The van der Waals surface area contributed by atoms with Crippen molar-refractivity contribution in [1.82, 2.24) is 0 Å². The van der Waals surface area contributed by atoms with Gasteiger partial charge in [0.1, 0.15) is 18.3 Å². The Balaban J connectivity index is 2.49. The Morgan fingerprint density at radius 1 is 1.30 bits per heavy atom. The summed E-state index contributed by atoms with van der Waals surface area (Å²) >= 11 is 0. The van der Waals surface area contributed by atoms with E-state index in [1.807, 2.05) is 6.92 Å². The fourth-order valence-corrected chi connectivity index (χ4v) is 3.32. The van der Waals surface area contributed by atoms with E-state index in [4.69, 9.17) is 9.47 Å². The van der Waals surface area contributed by atoms with Gasteiger partial charge in [0.05, 0.1) is 17.9 Å².